The Hall–Kier alpha value is -3.15. The average molecular weight is 368 g/mol. The number of nitrogens with one attached hydrogen (secondary N) is 2. The van der Waals surface area contributed by atoms with E-state index in [1.807, 2.05) is 13.0 Å². The van der Waals surface area contributed by atoms with Crippen LogP contribution in [0.5, 0.6) is 5.75 Å². The number of carbonyl (C=O) groups excluding carboxylic acids is 3. The summed E-state index contributed by atoms with van der Waals surface area (Å²) in [5.41, 5.74) is 1.61. The fourth-order valence-electron chi connectivity index (χ4n) is 2.52. The fraction of sp³-hybridized carbons (Fsp3) is 0.286. The summed E-state index contributed by atoms with van der Waals surface area (Å²) in [5, 5.41) is 5.56. The quantitative estimate of drug-likeness (QED) is 0.524. The number of carbonyl (C=O) groups is 3. The third kappa shape index (κ3) is 6.26. The van der Waals surface area contributed by atoms with Crippen LogP contribution in [-0.2, 0) is 4.79 Å². The first-order valence-electron chi connectivity index (χ1n) is 8.92. The van der Waals surface area contributed by atoms with E-state index in [1.165, 1.54) is 6.92 Å². The van der Waals surface area contributed by atoms with Gasteiger partial charge >= 0.3 is 0 Å². The van der Waals surface area contributed by atoms with Gasteiger partial charge < -0.3 is 15.4 Å². The van der Waals surface area contributed by atoms with Gasteiger partial charge in [-0.2, -0.15) is 0 Å². The molecule has 0 aliphatic rings. The number of ether oxygens (including phenoxy) is 1. The molecule has 27 heavy (non-hydrogen) atoms. The number of hydrogen-bond acceptors (Lipinski definition) is 4. The van der Waals surface area contributed by atoms with Crippen LogP contribution in [0.2, 0.25) is 0 Å². The largest absolute Gasteiger partial charge is 0.493 e. The summed E-state index contributed by atoms with van der Waals surface area (Å²) in [6.45, 7) is 4.20. The molecule has 142 valence electrons. The maximum atomic E-state index is 12.3. The van der Waals surface area contributed by atoms with Crippen molar-refractivity contribution in [3.63, 3.8) is 0 Å². The van der Waals surface area contributed by atoms with Gasteiger partial charge in [0.1, 0.15) is 5.75 Å². The zero-order chi connectivity index (χ0) is 19.6. The van der Waals surface area contributed by atoms with Crippen molar-refractivity contribution in [1.82, 2.24) is 5.32 Å². The van der Waals surface area contributed by atoms with Crippen LogP contribution in [0.3, 0.4) is 0 Å². The first-order valence-corrected chi connectivity index (χ1v) is 8.92. The number of Topliss-reactive ketones (excluding diaryl/α,β-unsaturated/α-hetero) is 1. The Morgan fingerprint density at radius 2 is 1.81 bits per heavy atom. The molecule has 0 aliphatic carbocycles. The molecule has 0 radical (unpaired) electrons. The van der Waals surface area contributed by atoms with Crippen LogP contribution in [0.15, 0.2) is 48.5 Å². The maximum absolute atomic E-state index is 12.3. The highest BCUT2D eigenvalue weighted by molar-refractivity contribution is 5.97. The third-order valence-electron chi connectivity index (χ3n) is 3.85. The average Bonchev–Trinajstić information content (AvgIpc) is 2.66. The minimum atomic E-state index is -0.228. The number of ketones is 1. The molecule has 2 rings (SSSR count). The normalized spacial score (nSPS) is 10.1. The lowest BCUT2D eigenvalue weighted by molar-refractivity contribution is -0.116. The molecule has 2 N–H and O–H groups in total. The Balaban J connectivity index is 1.78. The molecule has 2 aromatic carbocycles. The summed E-state index contributed by atoms with van der Waals surface area (Å²) in [6.07, 6.45) is 0.762. The molecule has 0 spiro atoms. The second kappa shape index (κ2) is 10.1. The zero-order valence-electron chi connectivity index (χ0n) is 15.6. The monoisotopic (exact) mass is 368 g/mol. The van der Waals surface area contributed by atoms with Gasteiger partial charge in [-0.3, -0.25) is 14.4 Å². The lowest BCUT2D eigenvalue weighted by Gasteiger charge is -2.10. The minimum Gasteiger partial charge on any atom is -0.493 e. The van der Waals surface area contributed by atoms with Gasteiger partial charge in [0.15, 0.2) is 5.78 Å². The summed E-state index contributed by atoms with van der Waals surface area (Å²) >= 11 is 0. The molecule has 2 amide bonds. The van der Waals surface area contributed by atoms with Crippen LogP contribution < -0.4 is 15.4 Å². The highest BCUT2D eigenvalue weighted by Crippen LogP contribution is 2.17. The molecule has 0 saturated carbocycles. The van der Waals surface area contributed by atoms with Crippen molar-refractivity contribution in [2.24, 2.45) is 0 Å². The van der Waals surface area contributed by atoms with Crippen LogP contribution >= 0.6 is 0 Å². The van der Waals surface area contributed by atoms with Gasteiger partial charge in [0.25, 0.3) is 5.91 Å². The second-order valence-electron chi connectivity index (χ2n) is 5.97. The highest BCUT2D eigenvalue weighted by atomic mass is 16.5. The van der Waals surface area contributed by atoms with Crippen LogP contribution in [0.25, 0.3) is 0 Å². The second-order valence-corrected chi connectivity index (χ2v) is 5.97. The van der Waals surface area contributed by atoms with E-state index in [0.717, 1.165) is 0 Å². The number of para-hydroxylation sites is 1. The Bertz CT molecular complexity index is 817. The van der Waals surface area contributed by atoms with Crippen molar-refractivity contribution in [3.05, 3.63) is 59.7 Å². The Labute approximate surface area is 158 Å². The van der Waals surface area contributed by atoms with Crippen LogP contribution in [0.1, 0.15) is 47.4 Å². The molecule has 0 atom stereocenters. The molecule has 0 heterocycles. The lowest BCUT2D eigenvalue weighted by atomic mass is 10.1. The Kier molecular flexibility index (Phi) is 7.55. The molecule has 0 aliphatic heterocycles. The van der Waals surface area contributed by atoms with Gasteiger partial charge in [-0.1, -0.05) is 24.3 Å². The molecule has 0 saturated heterocycles. The molecule has 0 aromatic heterocycles. The van der Waals surface area contributed by atoms with E-state index in [2.05, 4.69) is 10.6 Å². The van der Waals surface area contributed by atoms with Crippen molar-refractivity contribution in [3.8, 4) is 5.75 Å². The number of benzene rings is 2. The van der Waals surface area contributed by atoms with E-state index >= 15 is 0 Å². The Morgan fingerprint density at radius 1 is 1.04 bits per heavy atom. The van der Waals surface area contributed by atoms with E-state index in [9.17, 15) is 14.4 Å². The van der Waals surface area contributed by atoms with Crippen molar-refractivity contribution < 1.29 is 19.1 Å². The summed E-state index contributed by atoms with van der Waals surface area (Å²) in [5.74, 6) is 0.0926. The summed E-state index contributed by atoms with van der Waals surface area (Å²) < 4.78 is 5.45. The summed E-state index contributed by atoms with van der Waals surface area (Å²) in [6, 6.07) is 13.8. The molecule has 0 fully saturated rings. The van der Waals surface area contributed by atoms with Crippen LogP contribution in [0.4, 0.5) is 5.69 Å². The van der Waals surface area contributed by atoms with Gasteiger partial charge in [0.05, 0.1) is 12.2 Å². The predicted octanol–water partition coefficient (Wildman–Crippen LogP) is 3.44. The maximum Gasteiger partial charge on any atom is 0.255 e. The molecular weight excluding hydrogens is 344 g/mol. The van der Waals surface area contributed by atoms with Crippen LogP contribution in [0, 0.1) is 0 Å². The van der Waals surface area contributed by atoms with Crippen LogP contribution in [-0.4, -0.2) is 30.7 Å². The topological polar surface area (TPSA) is 84.5 Å². The number of hydrogen-bond donors (Lipinski definition) is 2. The smallest absolute Gasteiger partial charge is 0.255 e. The van der Waals surface area contributed by atoms with E-state index in [0.29, 0.717) is 42.1 Å². The molecular formula is C21H24N2O4. The van der Waals surface area contributed by atoms with Gasteiger partial charge in [-0.25, -0.2) is 0 Å². The Morgan fingerprint density at radius 3 is 2.56 bits per heavy atom. The van der Waals surface area contributed by atoms with Gasteiger partial charge in [-0.05, 0) is 44.5 Å². The fourth-order valence-corrected chi connectivity index (χ4v) is 2.52. The van der Waals surface area contributed by atoms with E-state index in [-0.39, 0.29) is 24.0 Å². The van der Waals surface area contributed by atoms with Crippen molar-refractivity contribution in [1.29, 1.82) is 0 Å². The van der Waals surface area contributed by atoms with Gasteiger partial charge in [-0.15, -0.1) is 0 Å². The van der Waals surface area contributed by atoms with Crippen molar-refractivity contribution >= 4 is 23.3 Å². The van der Waals surface area contributed by atoms with Crippen molar-refractivity contribution in [2.45, 2.75) is 26.7 Å². The minimum absolute atomic E-state index is 0.0545. The number of anilines is 1. The standard InChI is InChI=1S/C21H24N2O4/c1-3-27-19-11-5-4-10-18(19)21(26)22-13-7-12-20(25)23-17-9-6-8-16(14-17)15(2)24/h4-6,8-11,14H,3,7,12-13H2,1-2H3,(H,22,26)(H,23,25). The first-order chi connectivity index (χ1) is 13.0. The van der Waals surface area contributed by atoms with Gasteiger partial charge in [0.2, 0.25) is 5.91 Å². The zero-order valence-corrected chi connectivity index (χ0v) is 15.6. The molecule has 2 aromatic rings. The summed E-state index contributed by atoms with van der Waals surface area (Å²) in [4.78, 5) is 35.7. The molecule has 0 unspecified atom stereocenters. The first kappa shape index (κ1) is 20.2. The van der Waals surface area contributed by atoms with Gasteiger partial charge in [0, 0.05) is 24.2 Å². The number of amides is 2. The number of rotatable bonds is 9. The molecule has 6 nitrogen and oxygen atoms in total. The molecule has 6 heteroatoms. The summed E-state index contributed by atoms with van der Waals surface area (Å²) in [7, 11) is 0. The SMILES string of the molecule is CCOc1ccccc1C(=O)NCCCC(=O)Nc1cccc(C(C)=O)c1. The van der Waals surface area contributed by atoms with Crippen molar-refractivity contribution in [2.75, 3.05) is 18.5 Å². The van der Waals surface area contributed by atoms with E-state index < -0.39 is 0 Å². The highest BCUT2D eigenvalue weighted by Gasteiger charge is 2.11. The van der Waals surface area contributed by atoms with E-state index in [1.54, 1.807) is 42.5 Å². The predicted molar refractivity (Wildman–Crippen MR) is 104 cm³/mol. The third-order valence-corrected chi connectivity index (χ3v) is 3.85. The molecule has 0 bridgehead atoms. The van der Waals surface area contributed by atoms with E-state index in [4.69, 9.17) is 4.74 Å². The lowest BCUT2D eigenvalue weighted by Crippen LogP contribution is -2.26.